The van der Waals surface area contributed by atoms with E-state index in [4.69, 9.17) is 10.2 Å². The number of thioether (sulfide) groups is 2. The lowest BCUT2D eigenvalue weighted by atomic mass is 10.1. The number of carboxylic acids is 2. The van der Waals surface area contributed by atoms with E-state index < -0.39 is 11.9 Å². The van der Waals surface area contributed by atoms with Crippen LogP contribution in [0.4, 0.5) is 0 Å². The molecule has 0 saturated carbocycles. The van der Waals surface area contributed by atoms with E-state index in [0.717, 1.165) is 0 Å². The van der Waals surface area contributed by atoms with Gasteiger partial charge in [-0.15, -0.1) is 23.5 Å². The van der Waals surface area contributed by atoms with Gasteiger partial charge in [0.2, 0.25) is 0 Å². The molecule has 1 aliphatic rings. The minimum atomic E-state index is -0.935. The third kappa shape index (κ3) is 3.05. The van der Waals surface area contributed by atoms with E-state index >= 15 is 0 Å². The molecule has 4 nitrogen and oxygen atoms in total. The number of hydrogen-bond donors (Lipinski definition) is 2. The maximum atomic E-state index is 10.9. The minimum Gasteiger partial charge on any atom is -0.477 e. The molecule has 0 radical (unpaired) electrons. The van der Waals surface area contributed by atoms with Gasteiger partial charge in [-0.2, -0.15) is 0 Å². The van der Waals surface area contributed by atoms with Crippen LogP contribution in [0.3, 0.4) is 0 Å². The number of hydrogen-bond acceptors (Lipinski definition) is 4. The first-order chi connectivity index (χ1) is 7.43. The third-order valence-electron chi connectivity index (χ3n) is 2.10. The summed E-state index contributed by atoms with van der Waals surface area (Å²) in [5.41, 5.74) is 1.43. The van der Waals surface area contributed by atoms with Gasteiger partial charge in [-0.05, 0) is 31.4 Å². The van der Waals surface area contributed by atoms with E-state index in [9.17, 15) is 9.59 Å². The van der Waals surface area contributed by atoms with Gasteiger partial charge in [0, 0.05) is 5.08 Å². The van der Waals surface area contributed by atoms with Crippen LogP contribution >= 0.6 is 23.5 Å². The zero-order chi connectivity index (χ0) is 12.3. The molecule has 0 amide bonds. The average Bonchev–Trinajstić information content (AvgIpc) is 2.13. The van der Waals surface area contributed by atoms with Crippen molar-refractivity contribution in [3.63, 3.8) is 0 Å². The molecule has 88 valence electrons. The molecule has 1 aliphatic heterocycles. The lowest BCUT2D eigenvalue weighted by Gasteiger charge is -2.14. The van der Waals surface area contributed by atoms with Gasteiger partial charge in [-0.3, -0.25) is 0 Å². The van der Waals surface area contributed by atoms with Crippen molar-refractivity contribution in [1.82, 2.24) is 0 Å². The van der Waals surface area contributed by atoms with Crippen LogP contribution < -0.4 is 0 Å². The van der Waals surface area contributed by atoms with E-state index in [2.05, 4.69) is 0 Å². The SMILES string of the molecule is C/C1=C(\C(=O)O)SCS/C(C(=O)O)=C(/C)C1. The summed E-state index contributed by atoms with van der Waals surface area (Å²) in [6.45, 7) is 3.46. The molecule has 2 N–H and O–H groups in total. The predicted molar refractivity (Wildman–Crippen MR) is 65.3 cm³/mol. The van der Waals surface area contributed by atoms with Crippen molar-refractivity contribution >= 4 is 35.5 Å². The highest BCUT2D eigenvalue weighted by molar-refractivity contribution is 8.20. The second-order valence-electron chi connectivity index (χ2n) is 3.41. The molecule has 0 bridgehead atoms. The van der Waals surface area contributed by atoms with E-state index in [1.54, 1.807) is 13.8 Å². The number of allylic oxidation sites excluding steroid dienone is 2. The molecule has 6 heteroatoms. The number of aliphatic carboxylic acids is 2. The second-order valence-corrected chi connectivity index (χ2v) is 5.75. The van der Waals surface area contributed by atoms with Crippen molar-refractivity contribution in [1.29, 1.82) is 0 Å². The van der Waals surface area contributed by atoms with Gasteiger partial charge >= 0.3 is 11.9 Å². The highest BCUT2D eigenvalue weighted by Gasteiger charge is 2.20. The van der Waals surface area contributed by atoms with Crippen LogP contribution in [-0.2, 0) is 9.59 Å². The van der Waals surface area contributed by atoms with E-state index in [-0.39, 0.29) is 0 Å². The van der Waals surface area contributed by atoms with Gasteiger partial charge < -0.3 is 10.2 Å². The van der Waals surface area contributed by atoms with E-state index in [0.29, 0.717) is 32.5 Å². The molecule has 1 rings (SSSR count). The van der Waals surface area contributed by atoms with Crippen molar-refractivity contribution < 1.29 is 19.8 Å². The lowest BCUT2D eigenvalue weighted by Crippen LogP contribution is -2.07. The van der Waals surface area contributed by atoms with Gasteiger partial charge in [0.15, 0.2) is 0 Å². The second kappa shape index (κ2) is 5.45. The quantitative estimate of drug-likeness (QED) is 0.794. The average molecular weight is 260 g/mol. The Labute approximate surface area is 102 Å². The van der Waals surface area contributed by atoms with Crippen LogP contribution in [0.25, 0.3) is 0 Å². The van der Waals surface area contributed by atoms with Crippen molar-refractivity contribution in [3.8, 4) is 0 Å². The van der Waals surface area contributed by atoms with Crippen molar-refractivity contribution in [2.24, 2.45) is 0 Å². The summed E-state index contributed by atoms with van der Waals surface area (Å²) < 4.78 is 0. The van der Waals surface area contributed by atoms with Crippen LogP contribution in [0.2, 0.25) is 0 Å². The van der Waals surface area contributed by atoms with Gasteiger partial charge in [-0.1, -0.05) is 0 Å². The Morgan fingerprint density at radius 2 is 1.38 bits per heavy atom. The van der Waals surface area contributed by atoms with Gasteiger partial charge in [0.05, 0.1) is 9.81 Å². The first-order valence-electron chi connectivity index (χ1n) is 4.55. The number of carboxylic acid groups (broad SMARTS) is 2. The van der Waals surface area contributed by atoms with E-state index in [1.165, 1.54) is 23.5 Å². The van der Waals surface area contributed by atoms with Crippen LogP contribution in [0.5, 0.6) is 0 Å². The molecule has 0 spiro atoms. The van der Waals surface area contributed by atoms with Crippen LogP contribution in [-0.4, -0.2) is 27.2 Å². The largest absolute Gasteiger partial charge is 0.477 e. The summed E-state index contributed by atoms with van der Waals surface area (Å²) in [5.74, 6) is -1.87. The predicted octanol–water partition coefficient (Wildman–Crippen LogP) is 2.53. The lowest BCUT2D eigenvalue weighted by molar-refractivity contribution is -0.132. The fourth-order valence-electron chi connectivity index (χ4n) is 1.44. The summed E-state index contributed by atoms with van der Waals surface area (Å²) in [6.07, 6.45) is 0.406. The summed E-state index contributed by atoms with van der Waals surface area (Å²) in [6, 6.07) is 0. The molecule has 0 fully saturated rings. The van der Waals surface area contributed by atoms with Crippen LogP contribution in [0.1, 0.15) is 20.3 Å². The Morgan fingerprint density at radius 3 is 1.69 bits per heavy atom. The van der Waals surface area contributed by atoms with Crippen LogP contribution in [0, 0.1) is 0 Å². The molecular formula is C10H12O4S2. The standard InChI is InChI=1S/C10H12O4S2/c1-5-3-6(2)8(10(13)14)16-4-15-7(5)9(11)12/h3-4H2,1-2H3,(H,11,12)(H,13,14)/b7-5-,8-6-. The first-order valence-corrected chi connectivity index (χ1v) is 6.52. The monoisotopic (exact) mass is 260 g/mol. The smallest absolute Gasteiger partial charge is 0.342 e. The third-order valence-corrected chi connectivity index (χ3v) is 4.67. The molecule has 16 heavy (non-hydrogen) atoms. The molecule has 0 aliphatic carbocycles. The zero-order valence-corrected chi connectivity index (χ0v) is 10.6. The van der Waals surface area contributed by atoms with Gasteiger partial charge in [0.25, 0.3) is 0 Å². The molecule has 0 atom stereocenters. The zero-order valence-electron chi connectivity index (χ0n) is 8.94. The maximum Gasteiger partial charge on any atom is 0.342 e. The van der Waals surface area contributed by atoms with Gasteiger partial charge in [0.1, 0.15) is 0 Å². The Morgan fingerprint density at radius 1 is 1.00 bits per heavy atom. The fourth-order valence-corrected chi connectivity index (χ4v) is 3.50. The molecule has 0 aromatic heterocycles. The molecular weight excluding hydrogens is 248 g/mol. The van der Waals surface area contributed by atoms with Crippen molar-refractivity contribution in [2.45, 2.75) is 20.3 Å². The van der Waals surface area contributed by atoms with Gasteiger partial charge in [-0.25, -0.2) is 9.59 Å². The molecule has 1 heterocycles. The van der Waals surface area contributed by atoms with Crippen molar-refractivity contribution in [3.05, 3.63) is 21.0 Å². The molecule has 0 aromatic carbocycles. The molecule has 0 aromatic rings. The summed E-state index contributed by atoms with van der Waals surface area (Å²) in [7, 11) is 0. The normalized spacial score (nSPS) is 27.1. The fraction of sp³-hybridized carbons (Fsp3) is 0.400. The van der Waals surface area contributed by atoms with Crippen LogP contribution in [0.15, 0.2) is 21.0 Å². The molecule has 0 unspecified atom stereocenters. The number of carbonyl (C=O) groups is 2. The Hall–Kier alpha value is -0.880. The Kier molecular flexibility index (Phi) is 4.49. The highest BCUT2D eigenvalue weighted by Crippen LogP contribution is 2.35. The summed E-state index contributed by atoms with van der Waals surface area (Å²) >= 11 is 2.36. The van der Waals surface area contributed by atoms with Crippen molar-refractivity contribution in [2.75, 3.05) is 5.08 Å². The first kappa shape index (κ1) is 13.2. The van der Waals surface area contributed by atoms with E-state index in [1.807, 2.05) is 0 Å². The molecule has 0 saturated heterocycles. The topological polar surface area (TPSA) is 74.6 Å². The minimum absolute atomic E-state index is 0.330. The maximum absolute atomic E-state index is 10.9. The number of rotatable bonds is 2. The highest BCUT2D eigenvalue weighted by atomic mass is 32.2. The Balaban J connectivity index is 3.07. The summed E-state index contributed by atoms with van der Waals surface area (Å²) in [5, 5.41) is 18.3. The Bertz CT molecular complexity index is 360. The summed E-state index contributed by atoms with van der Waals surface area (Å²) in [4.78, 5) is 22.5.